The second kappa shape index (κ2) is 5.11. The Morgan fingerprint density at radius 1 is 1.54 bits per heavy atom. The van der Waals surface area contributed by atoms with Gasteiger partial charge in [0.25, 0.3) is 6.43 Å². The molecule has 0 fully saturated rings. The van der Waals surface area contributed by atoms with Crippen molar-refractivity contribution in [2.75, 3.05) is 6.61 Å². The van der Waals surface area contributed by atoms with Gasteiger partial charge in [0, 0.05) is 0 Å². The van der Waals surface area contributed by atoms with Gasteiger partial charge in [0.2, 0.25) is 0 Å². The van der Waals surface area contributed by atoms with Gasteiger partial charge in [-0.2, -0.15) is 0 Å². The van der Waals surface area contributed by atoms with Gasteiger partial charge in [0.05, 0.1) is 18.6 Å². The molecule has 0 spiro atoms. The molecule has 13 heavy (non-hydrogen) atoms. The summed E-state index contributed by atoms with van der Waals surface area (Å²) in [5, 5.41) is 0. The van der Waals surface area contributed by atoms with E-state index in [0.29, 0.717) is 0 Å². The van der Waals surface area contributed by atoms with Crippen LogP contribution in [0.15, 0.2) is 0 Å². The van der Waals surface area contributed by atoms with Crippen LogP contribution in [-0.4, -0.2) is 24.5 Å². The Balaban J connectivity index is 4.19. The summed E-state index contributed by atoms with van der Waals surface area (Å²) in [6.45, 7) is 3.32. The minimum atomic E-state index is -2.71. The van der Waals surface area contributed by atoms with Crippen LogP contribution in [0, 0.1) is 0 Å². The van der Waals surface area contributed by atoms with Crippen molar-refractivity contribution in [2.24, 2.45) is 5.73 Å². The Hall–Kier alpha value is -0.710. The first-order valence-corrected chi connectivity index (χ1v) is 4.19. The van der Waals surface area contributed by atoms with Gasteiger partial charge < -0.3 is 10.5 Å². The largest absolute Gasteiger partial charge is 0.466 e. The highest BCUT2D eigenvalue weighted by Gasteiger charge is 2.36. The number of rotatable bonds is 5. The fourth-order valence-corrected chi connectivity index (χ4v) is 0.837. The minimum Gasteiger partial charge on any atom is -0.466 e. The van der Waals surface area contributed by atoms with E-state index in [1.165, 1.54) is 6.92 Å². The Labute approximate surface area is 76.2 Å². The molecule has 0 radical (unpaired) electrons. The zero-order chi connectivity index (χ0) is 10.5. The Bertz CT molecular complexity index is 176. The monoisotopic (exact) mass is 195 g/mol. The maximum Gasteiger partial charge on any atom is 0.307 e. The van der Waals surface area contributed by atoms with E-state index in [9.17, 15) is 13.6 Å². The lowest BCUT2D eigenvalue weighted by Gasteiger charge is -2.25. The number of nitrogens with two attached hydrogens (primary N) is 1. The van der Waals surface area contributed by atoms with E-state index in [2.05, 4.69) is 4.74 Å². The molecule has 78 valence electrons. The molecular weight excluding hydrogens is 180 g/mol. The molecule has 1 unspecified atom stereocenters. The quantitative estimate of drug-likeness (QED) is 0.673. The standard InChI is InChI=1S/C8H15F2NO2/c1-3-8(11,7(9)10)5-6(12)13-4-2/h7H,3-5,11H2,1-2H3. The number of hydrogen-bond acceptors (Lipinski definition) is 3. The van der Waals surface area contributed by atoms with E-state index >= 15 is 0 Å². The van der Waals surface area contributed by atoms with Crippen molar-refractivity contribution in [1.29, 1.82) is 0 Å². The summed E-state index contributed by atoms with van der Waals surface area (Å²) in [4.78, 5) is 10.9. The second-order valence-electron chi connectivity index (χ2n) is 2.87. The molecule has 0 aliphatic carbocycles. The summed E-state index contributed by atoms with van der Waals surface area (Å²) in [5.74, 6) is -0.674. The molecule has 0 heterocycles. The van der Waals surface area contributed by atoms with E-state index < -0.39 is 24.4 Å². The molecular formula is C8H15F2NO2. The molecule has 0 aromatic rings. The van der Waals surface area contributed by atoms with Gasteiger partial charge in [-0.25, -0.2) is 8.78 Å². The molecule has 0 aliphatic heterocycles. The highest BCUT2D eigenvalue weighted by molar-refractivity contribution is 5.70. The average molecular weight is 195 g/mol. The Morgan fingerprint density at radius 2 is 2.08 bits per heavy atom. The average Bonchev–Trinajstić information content (AvgIpc) is 2.04. The van der Waals surface area contributed by atoms with Crippen LogP contribution in [-0.2, 0) is 9.53 Å². The third-order valence-corrected chi connectivity index (χ3v) is 1.87. The van der Waals surface area contributed by atoms with Gasteiger partial charge in [-0.3, -0.25) is 4.79 Å². The van der Waals surface area contributed by atoms with E-state index in [1.54, 1.807) is 6.92 Å². The fraction of sp³-hybridized carbons (Fsp3) is 0.875. The number of ether oxygens (including phenoxy) is 1. The van der Waals surface area contributed by atoms with E-state index in [1.807, 2.05) is 0 Å². The SMILES string of the molecule is CCOC(=O)CC(N)(CC)C(F)F. The number of alkyl halides is 2. The van der Waals surface area contributed by atoms with Gasteiger partial charge in [-0.05, 0) is 13.3 Å². The minimum absolute atomic E-state index is 0.0451. The smallest absolute Gasteiger partial charge is 0.307 e. The molecule has 0 aromatic heterocycles. The summed E-state index contributed by atoms with van der Waals surface area (Å²) in [6, 6.07) is 0. The highest BCUT2D eigenvalue weighted by atomic mass is 19.3. The van der Waals surface area contributed by atoms with Crippen molar-refractivity contribution >= 4 is 5.97 Å². The number of esters is 1. The molecule has 0 saturated heterocycles. The fourth-order valence-electron chi connectivity index (χ4n) is 0.837. The topological polar surface area (TPSA) is 52.3 Å². The second-order valence-corrected chi connectivity index (χ2v) is 2.87. The molecule has 5 heteroatoms. The third-order valence-electron chi connectivity index (χ3n) is 1.87. The van der Waals surface area contributed by atoms with Gasteiger partial charge in [-0.1, -0.05) is 6.92 Å². The predicted octanol–water partition coefficient (Wildman–Crippen LogP) is 1.31. The first-order valence-electron chi connectivity index (χ1n) is 4.19. The number of carbonyl (C=O) groups is 1. The van der Waals surface area contributed by atoms with Crippen molar-refractivity contribution in [3.8, 4) is 0 Å². The maximum absolute atomic E-state index is 12.4. The van der Waals surface area contributed by atoms with Crippen LogP contribution in [0.5, 0.6) is 0 Å². The summed E-state index contributed by atoms with van der Waals surface area (Å²) in [6.07, 6.45) is -3.10. The maximum atomic E-state index is 12.4. The molecule has 2 N–H and O–H groups in total. The van der Waals surface area contributed by atoms with Crippen LogP contribution in [0.3, 0.4) is 0 Å². The van der Waals surface area contributed by atoms with Crippen molar-refractivity contribution in [2.45, 2.75) is 38.7 Å². The molecule has 0 saturated carbocycles. The van der Waals surface area contributed by atoms with Crippen LogP contribution in [0.25, 0.3) is 0 Å². The highest BCUT2D eigenvalue weighted by Crippen LogP contribution is 2.21. The summed E-state index contributed by atoms with van der Waals surface area (Å²) < 4.78 is 29.2. The lowest BCUT2D eigenvalue weighted by molar-refractivity contribution is -0.146. The molecule has 1 atom stereocenters. The Morgan fingerprint density at radius 3 is 2.38 bits per heavy atom. The molecule has 0 bridgehead atoms. The van der Waals surface area contributed by atoms with Crippen molar-refractivity contribution in [1.82, 2.24) is 0 Å². The lowest BCUT2D eigenvalue weighted by atomic mass is 9.94. The van der Waals surface area contributed by atoms with Crippen molar-refractivity contribution < 1.29 is 18.3 Å². The molecule has 0 amide bonds. The number of halogens is 2. The van der Waals surface area contributed by atoms with Crippen LogP contribution < -0.4 is 5.73 Å². The molecule has 3 nitrogen and oxygen atoms in total. The van der Waals surface area contributed by atoms with E-state index in [4.69, 9.17) is 5.73 Å². The van der Waals surface area contributed by atoms with Gasteiger partial charge >= 0.3 is 5.97 Å². The predicted molar refractivity (Wildman–Crippen MR) is 44.5 cm³/mol. The molecule has 0 rings (SSSR count). The van der Waals surface area contributed by atoms with E-state index in [-0.39, 0.29) is 13.0 Å². The van der Waals surface area contributed by atoms with Gasteiger partial charge in [0.1, 0.15) is 0 Å². The van der Waals surface area contributed by atoms with Crippen LogP contribution >= 0.6 is 0 Å². The molecule has 0 aliphatic rings. The molecule has 0 aromatic carbocycles. The van der Waals surface area contributed by atoms with Crippen molar-refractivity contribution in [3.05, 3.63) is 0 Å². The lowest BCUT2D eigenvalue weighted by Crippen LogP contribution is -2.48. The van der Waals surface area contributed by atoms with Crippen LogP contribution in [0.4, 0.5) is 8.78 Å². The van der Waals surface area contributed by atoms with Crippen molar-refractivity contribution in [3.63, 3.8) is 0 Å². The summed E-state index contributed by atoms with van der Waals surface area (Å²) >= 11 is 0. The first-order chi connectivity index (χ1) is 5.96. The van der Waals surface area contributed by atoms with Gasteiger partial charge in [0.15, 0.2) is 0 Å². The normalized spacial score (nSPS) is 15.5. The number of carbonyl (C=O) groups excluding carboxylic acids is 1. The van der Waals surface area contributed by atoms with E-state index in [0.717, 1.165) is 0 Å². The summed E-state index contributed by atoms with van der Waals surface area (Å²) in [5.41, 5.74) is 3.58. The Kier molecular flexibility index (Phi) is 4.83. The first kappa shape index (κ1) is 12.3. The third kappa shape index (κ3) is 3.67. The summed E-state index contributed by atoms with van der Waals surface area (Å²) in [7, 11) is 0. The van der Waals surface area contributed by atoms with Gasteiger partial charge in [-0.15, -0.1) is 0 Å². The zero-order valence-electron chi connectivity index (χ0n) is 7.85. The zero-order valence-corrected chi connectivity index (χ0v) is 7.85. The van der Waals surface area contributed by atoms with Crippen LogP contribution in [0.2, 0.25) is 0 Å². The van der Waals surface area contributed by atoms with Crippen LogP contribution in [0.1, 0.15) is 26.7 Å². The number of hydrogen-bond donors (Lipinski definition) is 1.